The molecule has 0 radical (unpaired) electrons. The molecule has 0 spiro atoms. The van der Waals surface area contributed by atoms with Crippen molar-refractivity contribution >= 4 is 108 Å². The van der Waals surface area contributed by atoms with Crippen LogP contribution in [0.4, 0.5) is 0 Å². The summed E-state index contributed by atoms with van der Waals surface area (Å²) < 4.78 is 9.08. The molecule has 10 aromatic carbocycles. The fourth-order valence-electron chi connectivity index (χ4n) is 22.2. The molecule has 0 aliphatic heterocycles. The Balaban J connectivity index is 0.000000125. The van der Waals surface area contributed by atoms with E-state index < -0.39 is 0 Å². The highest BCUT2D eigenvalue weighted by Crippen LogP contribution is 2.48. The first-order valence-corrected chi connectivity index (χ1v) is 49.4. The molecule has 0 N–H and O–H groups in total. The summed E-state index contributed by atoms with van der Waals surface area (Å²) in [7, 11) is 8.63. The molecule has 2 saturated carbocycles. The van der Waals surface area contributed by atoms with Crippen LogP contribution in [-0.4, -0.2) is 19.9 Å². The number of aryl methyl sites for hydroxylation is 10. The molecule has 0 amide bonds. The van der Waals surface area contributed by atoms with Crippen LogP contribution in [0.15, 0.2) is 231 Å². The van der Waals surface area contributed by atoms with E-state index in [4.69, 9.17) is 19.9 Å². The molecular formula is C126H144N8+4. The highest BCUT2D eigenvalue weighted by atomic mass is 14.9. The van der Waals surface area contributed by atoms with Crippen LogP contribution in [0.3, 0.4) is 0 Å². The van der Waals surface area contributed by atoms with Crippen LogP contribution < -0.4 is 18.3 Å². The van der Waals surface area contributed by atoms with Crippen molar-refractivity contribution in [2.45, 2.75) is 253 Å². The van der Waals surface area contributed by atoms with Gasteiger partial charge in [0.15, 0.2) is 24.8 Å². The number of fused-ring (bicyclic) bond motifs is 14. The minimum atomic E-state index is 0.0469. The minimum absolute atomic E-state index is 0.0469. The minimum Gasteiger partial charge on any atom is -0.253 e. The second kappa shape index (κ2) is 36.0. The van der Waals surface area contributed by atoms with Gasteiger partial charge in [-0.25, -0.2) is 18.3 Å². The second-order valence-corrected chi connectivity index (χ2v) is 46.2. The molecule has 18 aromatic rings. The third-order valence-electron chi connectivity index (χ3n) is 29.9. The molecule has 0 bridgehead atoms. The van der Waals surface area contributed by atoms with Gasteiger partial charge in [-0.1, -0.05) is 207 Å². The van der Waals surface area contributed by atoms with Gasteiger partial charge in [-0.2, -0.15) is 0 Å². The molecule has 8 heteroatoms. The Morgan fingerprint density at radius 2 is 0.545 bits per heavy atom. The van der Waals surface area contributed by atoms with Gasteiger partial charge in [-0.15, -0.1) is 0 Å². The van der Waals surface area contributed by atoms with Crippen LogP contribution >= 0.6 is 0 Å². The van der Waals surface area contributed by atoms with Gasteiger partial charge in [0.05, 0.1) is 65.9 Å². The molecule has 134 heavy (non-hydrogen) atoms. The largest absolute Gasteiger partial charge is 0.253 e. The summed E-state index contributed by atoms with van der Waals surface area (Å²) in [5, 5.41) is 20.6. The average molecular weight is 1770 g/mol. The number of aromatic nitrogens is 8. The molecule has 2 fully saturated rings. The van der Waals surface area contributed by atoms with E-state index in [9.17, 15) is 0 Å². The highest BCUT2D eigenvalue weighted by molar-refractivity contribution is 6.14. The Morgan fingerprint density at radius 3 is 0.836 bits per heavy atom. The predicted octanol–water partition coefficient (Wildman–Crippen LogP) is 31.4. The second-order valence-electron chi connectivity index (χ2n) is 46.2. The fourth-order valence-corrected chi connectivity index (χ4v) is 22.2. The summed E-state index contributed by atoms with van der Waals surface area (Å²) >= 11 is 0. The van der Waals surface area contributed by atoms with Crippen molar-refractivity contribution in [3.05, 3.63) is 309 Å². The summed E-state index contributed by atoms with van der Waals surface area (Å²) in [5.74, 6) is 1.19. The maximum atomic E-state index is 5.22. The molecule has 20 rings (SSSR count). The maximum Gasteiger partial charge on any atom is 0.220 e. The molecule has 0 atom stereocenters. The van der Waals surface area contributed by atoms with E-state index in [2.05, 4.69) is 444 Å². The first-order chi connectivity index (χ1) is 63.3. The summed E-state index contributed by atoms with van der Waals surface area (Å²) in [6, 6.07) is 76.9. The van der Waals surface area contributed by atoms with Crippen LogP contribution in [0.25, 0.3) is 153 Å². The smallest absolute Gasteiger partial charge is 0.220 e. The molecule has 0 unspecified atom stereocenters. The van der Waals surface area contributed by atoms with Gasteiger partial charge in [-0.3, -0.25) is 19.9 Å². The Hall–Kier alpha value is -12.0. The van der Waals surface area contributed by atoms with Crippen molar-refractivity contribution < 1.29 is 18.3 Å². The van der Waals surface area contributed by atoms with Crippen LogP contribution in [0, 0.1) is 77.0 Å². The lowest BCUT2D eigenvalue weighted by atomic mass is 9.72. The van der Waals surface area contributed by atoms with E-state index in [0.717, 1.165) is 46.3 Å². The van der Waals surface area contributed by atoms with Crippen molar-refractivity contribution in [3.8, 4) is 45.0 Å². The Labute approximate surface area is 798 Å². The third-order valence-corrected chi connectivity index (χ3v) is 29.9. The van der Waals surface area contributed by atoms with Gasteiger partial charge < -0.3 is 0 Å². The van der Waals surface area contributed by atoms with E-state index in [1.54, 1.807) is 0 Å². The van der Waals surface area contributed by atoms with E-state index in [0.29, 0.717) is 22.7 Å². The van der Waals surface area contributed by atoms with Gasteiger partial charge in [0.1, 0.15) is 28.2 Å². The third kappa shape index (κ3) is 18.9. The summed E-state index contributed by atoms with van der Waals surface area (Å²) in [6.45, 7) is 54.9. The van der Waals surface area contributed by atoms with Gasteiger partial charge in [0.2, 0.25) is 22.8 Å². The molecule has 8 aromatic heterocycles. The van der Waals surface area contributed by atoms with Crippen LogP contribution in [0.5, 0.6) is 0 Å². The SMILES string of the molecule is Cc1c(-c2c3ccc4nc(C5CCC(C)(C)CC5)ccc4c3cc[n+]2C)cc(C(C)(C)C)c2ccccc12.Cc1c(-c2c3ccc4nc(CC(C)(C)C)ccc4c3cc[n+]2C)cc(C(C)(C)C)c2ccccc12.Cc1cc(C)c(C)c(-c2c3ccc4nc(C5CCC(C)(C)CC5)ccc4c3cc[n+]2C)c1.Cc1cc(C)c(C)c(-c2c3ccc4nc(CC(C)(C)C)ccc4c3cc[n+]2C)c1. The summed E-state index contributed by atoms with van der Waals surface area (Å²) in [5.41, 5.74) is 34.6. The molecule has 2 aliphatic rings. The van der Waals surface area contributed by atoms with Crippen molar-refractivity contribution in [1.82, 2.24) is 19.9 Å². The molecule has 684 valence electrons. The zero-order valence-electron chi connectivity index (χ0n) is 85.7. The first kappa shape index (κ1) is 93.8. The lowest BCUT2D eigenvalue weighted by Gasteiger charge is -2.34. The number of rotatable bonds is 8. The molecule has 2 aliphatic carbocycles. The highest BCUT2D eigenvalue weighted by Gasteiger charge is 2.34. The topological polar surface area (TPSA) is 67.1 Å². The van der Waals surface area contributed by atoms with Crippen LogP contribution in [0.1, 0.15) is 252 Å². The van der Waals surface area contributed by atoms with Crippen molar-refractivity contribution in [3.63, 3.8) is 0 Å². The Bertz CT molecular complexity index is 7680. The first-order valence-electron chi connectivity index (χ1n) is 49.4. The van der Waals surface area contributed by atoms with E-state index in [-0.39, 0.29) is 21.7 Å². The number of hydrogen-bond acceptors (Lipinski definition) is 4. The van der Waals surface area contributed by atoms with Gasteiger partial charge in [-0.05, 0) is 315 Å². The van der Waals surface area contributed by atoms with Crippen molar-refractivity contribution in [2.75, 3.05) is 0 Å². The zero-order valence-corrected chi connectivity index (χ0v) is 85.7. The lowest BCUT2D eigenvalue weighted by Crippen LogP contribution is -2.31. The molecule has 8 nitrogen and oxygen atoms in total. The van der Waals surface area contributed by atoms with E-state index >= 15 is 0 Å². The Kier molecular flexibility index (Phi) is 25.2. The molecule has 8 heterocycles. The normalized spacial score (nSPS) is 14.6. The lowest BCUT2D eigenvalue weighted by molar-refractivity contribution is -0.659. The van der Waals surface area contributed by atoms with Gasteiger partial charge >= 0.3 is 0 Å². The molecule has 0 saturated heterocycles. The number of benzene rings is 10. The number of hydrogen-bond donors (Lipinski definition) is 0. The van der Waals surface area contributed by atoms with E-state index in [1.807, 2.05) is 0 Å². The maximum absolute atomic E-state index is 5.22. The summed E-state index contributed by atoms with van der Waals surface area (Å²) in [6.07, 6.45) is 20.9. The monoisotopic (exact) mass is 1770 g/mol. The number of nitrogens with zero attached hydrogens (tertiary/aromatic N) is 8. The van der Waals surface area contributed by atoms with Crippen LogP contribution in [-0.2, 0) is 51.9 Å². The van der Waals surface area contributed by atoms with Gasteiger partial charge in [0.25, 0.3) is 0 Å². The Morgan fingerprint density at radius 1 is 0.276 bits per heavy atom. The van der Waals surface area contributed by atoms with E-state index in [1.165, 1.54) is 250 Å². The quantitative estimate of drug-likeness (QED) is 0.112. The van der Waals surface area contributed by atoms with Crippen molar-refractivity contribution in [2.24, 2.45) is 49.9 Å². The fraction of sp³-hybridized carbons (Fsp3) is 0.365. The predicted molar refractivity (Wildman–Crippen MR) is 570 cm³/mol. The standard InChI is InChI=1S/C36H41N2.C33H37N2.C30H35N2.C27H31N2/c1-23-25-10-8-9-11-27(25)31(35(2,3)4)22-30(23)34-29-13-15-33-28(26(29)18-21-38(34)7)12-14-32(37-33)24-16-19-36(5,6)20-17-24;1-21-23-11-9-10-12-25(23)29(33(5,6)7)19-28(21)31-27-15-16-30-26(24(27)17-18-35(31)8)14-13-22(34-30)20-32(2,3)4;1-19-17-20(2)21(3)26(18-19)29-25-8-10-28-24(23(25)13-16-32(29)6)7-9-27(31-28)22-11-14-30(4,5)15-12-22;1-17-14-18(2)19(3)24(15-17)26-23-10-11-25-22(21(23)12-13-29(26)7)9-8-20(28-25)16-27(4,5)6/h8-15,18,21-22,24H,16-17,19-20H2,1-7H3;9-19H,20H2,1-8H3;7-10,13,16-18,22H,11-12,14-15H2,1-6H3;8-15H,16H2,1-7H3/q4*+1. The van der Waals surface area contributed by atoms with Gasteiger partial charge in [0, 0.05) is 102 Å². The average Bonchev–Trinajstić information content (AvgIpc) is 0.741. The summed E-state index contributed by atoms with van der Waals surface area (Å²) in [4.78, 5) is 20.4. The van der Waals surface area contributed by atoms with Crippen LogP contribution in [0.2, 0.25) is 0 Å². The molecular weight excluding hydrogens is 1630 g/mol. The number of pyridine rings is 8. The zero-order chi connectivity index (χ0) is 95.5. The van der Waals surface area contributed by atoms with Crippen molar-refractivity contribution in [1.29, 1.82) is 0 Å².